The predicted molar refractivity (Wildman–Crippen MR) is 71.1 cm³/mol. The zero-order valence-electron chi connectivity index (χ0n) is 11.7. The van der Waals surface area contributed by atoms with Crippen LogP contribution in [0.5, 0.6) is 0 Å². The van der Waals surface area contributed by atoms with Gasteiger partial charge >= 0.3 is 5.69 Å². The summed E-state index contributed by atoms with van der Waals surface area (Å²) in [4.78, 5) is 23.4. The molecule has 1 amide bonds. The van der Waals surface area contributed by atoms with Crippen molar-refractivity contribution >= 4 is 11.6 Å². The number of likely N-dealkylation sites (N-methyl/N-ethyl adjacent to an activating group) is 1. The van der Waals surface area contributed by atoms with Crippen LogP contribution in [0.3, 0.4) is 0 Å². The van der Waals surface area contributed by atoms with Gasteiger partial charge in [0.25, 0.3) is 0 Å². The first-order chi connectivity index (χ1) is 9.19. The fourth-order valence-corrected chi connectivity index (χ4v) is 1.76. The molecule has 0 radical (unpaired) electrons. The van der Waals surface area contributed by atoms with E-state index in [9.17, 15) is 20.0 Å². The fraction of sp³-hybridized carbons (Fsp3) is 0.636. The number of hydrogen-bond donors (Lipinski definition) is 2. The molecule has 0 aliphatic carbocycles. The van der Waals surface area contributed by atoms with Gasteiger partial charge in [-0.1, -0.05) is 0 Å². The van der Waals surface area contributed by atoms with Crippen LogP contribution in [0.1, 0.15) is 6.92 Å². The largest absolute Gasteiger partial charge is 0.387 e. The molecular formula is C11H19N5O4. The molecule has 0 bridgehead atoms. The minimum atomic E-state index is -1.05. The molecule has 0 aliphatic heterocycles. The molecule has 1 atom stereocenters. The fourth-order valence-electron chi connectivity index (χ4n) is 1.76. The third kappa shape index (κ3) is 5.33. The smallest absolute Gasteiger partial charge is 0.307 e. The summed E-state index contributed by atoms with van der Waals surface area (Å²) < 4.78 is 1.17. The van der Waals surface area contributed by atoms with Crippen molar-refractivity contribution in [2.24, 2.45) is 0 Å². The molecule has 0 saturated heterocycles. The monoisotopic (exact) mass is 285 g/mol. The van der Waals surface area contributed by atoms with Crippen molar-refractivity contribution in [3.05, 3.63) is 22.5 Å². The van der Waals surface area contributed by atoms with E-state index in [4.69, 9.17) is 0 Å². The highest BCUT2D eigenvalue weighted by Gasteiger charge is 2.22. The van der Waals surface area contributed by atoms with Crippen molar-refractivity contribution in [1.29, 1.82) is 0 Å². The van der Waals surface area contributed by atoms with Gasteiger partial charge in [-0.05, 0) is 21.0 Å². The Hall–Kier alpha value is -2.00. The lowest BCUT2D eigenvalue weighted by molar-refractivity contribution is -0.385. The number of nitrogens with one attached hydrogen (secondary N) is 1. The van der Waals surface area contributed by atoms with Gasteiger partial charge in [0.2, 0.25) is 5.91 Å². The molecule has 112 valence electrons. The molecule has 9 nitrogen and oxygen atoms in total. The standard InChI is InChI=1S/C11H19N5O4/c1-11(18,8-14(2)3)7-12-10(17)6-15-5-9(4-13-15)16(19)20/h4-5,18H,6-8H2,1-3H3,(H,12,17). The van der Waals surface area contributed by atoms with E-state index in [-0.39, 0.29) is 24.7 Å². The van der Waals surface area contributed by atoms with Crippen LogP contribution in [0.4, 0.5) is 5.69 Å². The second kappa shape index (κ2) is 6.44. The van der Waals surface area contributed by atoms with Gasteiger partial charge in [-0.25, -0.2) is 0 Å². The van der Waals surface area contributed by atoms with Gasteiger partial charge in [-0.2, -0.15) is 5.10 Å². The van der Waals surface area contributed by atoms with E-state index >= 15 is 0 Å². The van der Waals surface area contributed by atoms with Crippen LogP contribution in [-0.4, -0.2) is 63.4 Å². The van der Waals surface area contributed by atoms with Crippen molar-refractivity contribution in [2.75, 3.05) is 27.2 Å². The van der Waals surface area contributed by atoms with E-state index in [1.165, 1.54) is 10.9 Å². The quantitative estimate of drug-likeness (QED) is 0.502. The van der Waals surface area contributed by atoms with Crippen LogP contribution in [-0.2, 0) is 11.3 Å². The van der Waals surface area contributed by atoms with Crippen LogP contribution in [0.25, 0.3) is 0 Å². The number of amides is 1. The molecule has 9 heteroatoms. The summed E-state index contributed by atoms with van der Waals surface area (Å²) in [7, 11) is 3.64. The van der Waals surface area contributed by atoms with Crippen LogP contribution < -0.4 is 5.32 Å². The number of hydrogen-bond acceptors (Lipinski definition) is 6. The highest BCUT2D eigenvalue weighted by molar-refractivity contribution is 5.75. The second-order valence-electron chi connectivity index (χ2n) is 5.16. The number of carbonyl (C=O) groups is 1. The van der Waals surface area contributed by atoms with Gasteiger partial charge < -0.3 is 15.3 Å². The van der Waals surface area contributed by atoms with E-state index in [1.54, 1.807) is 6.92 Å². The lowest BCUT2D eigenvalue weighted by atomic mass is 10.1. The predicted octanol–water partition coefficient (Wildman–Crippen LogP) is -0.780. The van der Waals surface area contributed by atoms with Crippen molar-refractivity contribution in [3.63, 3.8) is 0 Å². The van der Waals surface area contributed by atoms with Gasteiger partial charge in [0.1, 0.15) is 18.9 Å². The molecule has 0 saturated carbocycles. The van der Waals surface area contributed by atoms with Gasteiger partial charge in [0.05, 0.1) is 10.5 Å². The summed E-state index contributed by atoms with van der Waals surface area (Å²) in [6.07, 6.45) is 2.26. The maximum atomic E-state index is 11.7. The van der Waals surface area contributed by atoms with Crippen LogP contribution in [0.15, 0.2) is 12.4 Å². The summed E-state index contributed by atoms with van der Waals surface area (Å²) >= 11 is 0. The third-order valence-electron chi connectivity index (χ3n) is 2.46. The zero-order chi connectivity index (χ0) is 15.3. The minimum Gasteiger partial charge on any atom is -0.387 e. The molecule has 0 spiro atoms. The summed E-state index contributed by atoms with van der Waals surface area (Å²) in [5.41, 5.74) is -1.22. The molecule has 0 aliphatic rings. The molecule has 2 N–H and O–H groups in total. The van der Waals surface area contributed by atoms with Crippen molar-refractivity contribution < 1.29 is 14.8 Å². The van der Waals surface area contributed by atoms with Gasteiger partial charge in [-0.15, -0.1) is 0 Å². The average Bonchev–Trinajstić information content (AvgIpc) is 2.73. The lowest BCUT2D eigenvalue weighted by Gasteiger charge is -2.27. The van der Waals surface area contributed by atoms with E-state index < -0.39 is 10.5 Å². The van der Waals surface area contributed by atoms with Crippen molar-refractivity contribution in [2.45, 2.75) is 19.1 Å². The molecule has 1 unspecified atom stereocenters. The first-order valence-electron chi connectivity index (χ1n) is 6.00. The Balaban J connectivity index is 2.45. The van der Waals surface area contributed by atoms with Crippen LogP contribution in [0.2, 0.25) is 0 Å². The topological polar surface area (TPSA) is 114 Å². The Morgan fingerprint density at radius 3 is 2.80 bits per heavy atom. The first-order valence-corrected chi connectivity index (χ1v) is 6.00. The third-order valence-corrected chi connectivity index (χ3v) is 2.46. The number of nitrogens with zero attached hydrogens (tertiary/aromatic N) is 4. The van der Waals surface area contributed by atoms with Gasteiger partial charge in [-0.3, -0.25) is 19.6 Å². The maximum Gasteiger partial charge on any atom is 0.307 e. The normalized spacial score (nSPS) is 14.1. The van der Waals surface area contributed by atoms with Crippen LogP contribution >= 0.6 is 0 Å². The average molecular weight is 285 g/mol. The van der Waals surface area contributed by atoms with Gasteiger partial charge in [0, 0.05) is 13.1 Å². The molecule has 1 aromatic rings. The molecule has 1 rings (SSSR count). The van der Waals surface area contributed by atoms with E-state index in [0.29, 0.717) is 6.54 Å². The Kier molecular flexibility index (Phi) is 5.17. The molecule has 0 aromatic carbocycles. The molecule has 20 heavy (non-hydrogen) atoms. The van der Waals surface area contributed by atoms with Crippen molar-refractivity contribution in [1.82, 2.24) is 20.0 Å². The Labute approximate surface area is 116 Å². The maximum absolute atomic E-state index is 11.7. The van der Waals surface area contributed by atoms with Crippen molar-refractivity contribution in [3.8, 4) is 0 Å². The lowest BCUT2D eigenvalue weighted by Crippen LogP contribution is -2.47. The Morgan fingerprint density at radius 1 is 1.65 bits per heavy atom. The number of aromatic nitrogens is 2. The highest BCUT2D eigenvalue weighted by Crippen LogP contribution is 2.07. The summed E-state index contributed by atoms with van der Waals surface area (Å²) in [6.45, 7) is 1.98. The summed E-state index contributed by atoms with van der Waals surface area (Å²) in [6, 6.07) is 0. The Bertz CT molecular complexity index is 483. The van der Waals surface area contributed by atoms with Gasteiger partial charge in [0.15, 0.2) is 0 Å². The SMILES string of the molecule is CN(C)CC(C)(O)CNC(=O)Cn1cc([N+](=O)[O-])cn1. The molecule has 1 aromatic heterocycles. The molecule has 1 heterocycles. The number of aliphatic hydroxyl groups is 1. The van der Waals surface area contributed by atoms with E-state index in [2.05, 4.69) is 10.4 Å². The summed E-state index contributed by atoms with van der Waals surface area (Å²) in [5.74, 6) is -0.373. The number of carbonyl (C=O) groups excluding carboxylic acids is 1. The summed E-state index contributed by atoms with van der Waals surface area (Å²) in [5, 5.41) is 26.8. The van der Waals surface area contributed by atoms with Crippen LogP contribution in [0, 0.1) is 10.1 Å². The second-order valence-corrected chi connectivity index (χ2v) is 5.16. The number of nitro groups is 1. The highest BCUT2D eigenvalue weighted by atomic mass is 16.6. The number of rotatable bonds is 7. The minimum absolute atomic E-state index is 0.0906. The molecular weight excluding hydrogens is 266 g/mol. The molecule has 0 fully saturated rings. The Morgan fingerprint density at radius 2 is 2.30 bits per heavy atom. The first kappa shape index (κ1) is 16.1. The van der Waals surface area contributed by atoms with E-state index in [1.807, 2.05) is 19.0 Å². The van der Waals surface area contributed by atoms with E-state index in [0.717, 1.165) is 6.20 Å². The zero-order valence-corrected chi connectivity index (χ0v) is 11.7.